The molecular formula is C31H27ClN4O5S2. The summed E-state index contributed by atoms with van der Waals surface area (Å²) in [5, 5.41) is 13.3. The molecule has 0 heterocycles. The first-order chi connectivity index (χ1) is 20.5. The zero-order valence-electron chi connectivity index (χ0n) is 22.8. The van der Waals surface area contributed by atoms with Gasteiger partial charge in [-0.25, -0.2) is 13.6 Å². The summed E-state index contributed by atoms with van der Waals surface area (Å²) in [5.41, 5.74) is 1.96. The Morgan fingerprint density at radius 2 is 1.47 bits per heavy atom. The van der Waals surface area contributed by atoms with Gasteiger partial charge >= 0.3 is 0 Å². The Balaban J connectivity index is 1.41. The Morgan fingerprint density at radius 3 is 2.09 bits per heavy atom. The number of anilines is 2. The molecule has 0 aromatic heterocycles. The highest BCUT2D eigenvalue weighted by Crippen LogP contribution is 2.26. The number of hydrogen-bond donors (Lipinski definition) is 4. The molecule has 220 valence electrons. The number of sulfonamides is 1. The third-order valence-electron chi connectivity index (χ3n) is 5.93. The van der Waals surface area contributed by atoms with Crippen LogP contribution in [0.2, 0.25) is 5.02 Å². The number of hydrogen-bond acceptors (Lipinski definition) is 6. The molecule has 4 rings (SSSR count). The highest BCUT2D eigenvalue weighted by atomic mass is 35.5. The summed E-state index contributed by atoms with van der Waals surface area (Å²) in [7, 11) is -3.82. The predicted molar refractivity (Wildman–Crippen MR) is 170 cm³/mol. The predicted octanol–water partition coefficient (Wildman–Crippen LogP) is 5.52. The van der Waals surface area contributed by atoms with Crippen molar-refractivity contribution in [2.24, 2.45) is 5.14 Å². The van der Waals surface area contributed by atoms with Gasteiger partial charge in [0, 0.05) is 26.9 Å². The molecule has 0 saturated heterocycles. The van der Waals surface area contributed by atoms with Gasteiger partial charge in [0.15, 0.2) is 0 Å². The third kappa shape index (κ3) is 9.29. The SMILES string of the molecule is CC(Sc1ccc(NC(=O)/C(=C/c2cccc(Cl)c2)NC(=O)c2ccccc2)cc1)C(=O)Nc1ccc(S(N)(=O)=O)cc1. The van der Waals surface area contributed by atoms with Crippen molar-refractivity contribution in [2.75, 3.05) is 10.6 Å². The van der Waals surface area contributed by atoms with E-state index in [1.807, 2.05) is 0 Å². The molecule has 0 saturated carbocycles. The van der Waals surface area contributed by atoms with Crippen LogP contribution in [0.15, 0.2) is 119 Å². The molecule has 4 aromatic rings. The lowest BCUT2D eigenvalue weighted by atomic mass is 10.1. The van der Waals surface area contributed by atoms with Crippen LogP contribution < -0.4 is 21.1 Å². The summed E-state index contributed by atoms with van der Waals surface area (Å²) in [6.45, 7) is 1.73. The van der Waals surface area contributed by atoms with Gasteiger partial charge in [0.05, 0.1) is 10.1 Å². The van der Waals surface area contributed by atoms with Gasteiger partial charge < -0.3 is 16.0 Å². The second-order valence-electron chi connectivity index (χ2n) is 9.23. The Bertz CT molecular complexity index is 1760. The first-order valence-electron chi connectivity index (χ1n) is 12.8. The van der Waals surface area contributed by atoms with Crippen LogP contribution in [0.4, 0.5) is 11.4 Å². The highest BCUT2D eigenvalue weighted by molar-refractivity contribution is 8.00. The van der Waals surface area contributed by atoms with Gasteiger partial charge in [-0.05, 0) is 91.4 Å². The van der Waals surface area contributed by atoms with Gasteiger partial charge in [0.2, 0.25) is 15.9 Å². The Kier molecular flexibility index (Phi) is 10.4. The first kappa shape index (κ1) is 31.5. The lowest BCUT2D eigenvalue weighted by Gasteiger charge is -2.14. The molecule has 0 radical (unpaired) electrons. The van der Waals surface area contributed by atoms with Gasteiger partial charge in [-0.1, -0.05) is 41.9 Å². The number of nitrogens with one attached hydrogen (secondary N) is 3. The van der Waals surface area contributed by atoms with Crippen molar-refractivity contribution < 1.29 is 22.8 Å². The van der Waals surface area contributed by atoms with E-state index in [4.69, 9.17) is 16.7 Å². The molecule has 9 nitrogen and oxygen atoms in total. The van der Waals surface area contributed by atoms with E-state index in [0.717, 1.165) is 4.90 Å². The molecule has 4 aromatic carbocycles. The van der Waals surface area contributed by atoms with E-state index in [0.29, 0.717) is 27.5 Å². The zero-order chi connectivity index (χ0) is 31.0. The molecule has 12 heteroatoms. The number of halogens is 1. The molecule has 43 heavy (non-hydrogen) atoms. The van der Waals surface area contributed by atoms with Crippen molar-refractivity contribution in [1.29, 1.82) is 0 Å². The molecule has 1 atom stereocenters. The number of rotatable bonds is 10. The summed E-state index contributed by atoms with van der Waals surface area (Å²) in [4.78, 5) is 39.5. The van der Waals surface area contributed by atoms with E-state index in [9.17, 15) is 22.8 Å². The molecule has 5 N–H and O–H groups in total. The van der Waals surface area contributed by atoms with Crippen LogP contribution in [0, 0.1) is 0 Å². The van der Waals surface area contributed by atoms with Crippen molar-refractivity contribution >= 4 is 68.6 Å². The van der Waals surface area contributed by atoms with E-state index in [-0.39, 0.29) is 16.5 Å². The van der Waals surface area contributed by atoms with Crippen molar-refractivity contribution in [2.45, 2.75) is 22.0 Å². The summed E-state index contributed by atoms with van der Waals surface area (Å²) in [6, 6.07) is 27.9. The maximum atomic E-state index is 13.2. The van der Waals surface area contributed by atoms with Crippen LogP contribution >= 0.6 is 23.4 Å². The Morgan fingerprint density at radius 1 is 0.837 bits per heavy atom. The lowest BCUT2D eigenvalue weighted by molar-refractivity contribution is -0.115. The molecule has 0 spiro atoms. The quantitative estimate of drug-likeness (QED) is 0.133. The number of benzene rings is 4. The minimum atomic E-state index is -3.82. The van der Waals surface area contributed by atoms with Gasteiger partial charge in [0.1, 0.15) is 5.70 Å². The molecular weight excluding hydrogens is 608 g/mol. The smallest absolute Gasteiger partial charge is 0.272 e. The van der Waals surface area contributed by atoms with Gasteiger partial charge in [-0.15, -0.1) is 11.8 Å². The number of amides is 3. The number of nitrogens with two attached hydrogens (primary N) is 1. The molecule has 0 aliphatic rings. The molecule has 0 aliphatic heterocycles. The number of carbonyl (C=O) groups is 3. The van der Waals surface area contributed by atoms with E-state index in [1.54, 1.807) is 85.8 Å². The third-order valence-corrected chi connectivity index (χ3v) is 8.21. The minimum Gasteiger partial charge on any atom is -0.325 e. The summed E-state index contributed by atoms with van der Waals surface area (Å²) in [5.74, 6) is -1.26. The fourth-order valence-electron chi connectivity index (χ4n) is 3.75. The van der Waals surface area contributed by atoms with Gasteiger partial charge in [-0.3, -0.25) is 14.4 Å². The fourth-order valence-corrected chi connectivity index (χ4v) is 5.33. The van der Waals surface area contributed by atoms with E-state index in [2.05, 4.69) is 16.0 Å². The van der Waals surface area contributed by atoms with Crippen molar-refractivity contribution in [1.82, 2.24) is 5.32 Å². The van der Waals surface area contributed by atoms with E-state index >= 15 is 0 Å². The second kappa shape index (κ2) is 14.2. The summed E-state index contributed by atoms with van der Waals surface area (Å²) < 4.78 is 22.8. The Labute approximate surface area is 258 Å². The molecule has 3 amide bonds. The van der Waals surface area contributed by atoms with Crippen LogP contribution in [-0.4, -0.2) is 31.4 Å². The number of primary sulfonamides is 1. The first-order valence-corrected chi connectivity index (χ1v) is 15.6. The largest absolute Gasteiger partial charge is 0.325 e. The normalized spacial score (nSPS) is 12.2. The zero-order valence-corrected chi connectivity index (χ0v) is 25.2. The standard InChI is InChI=1S/C31H27ClN4O5S2/c1-20(29(37)34-25-12-16-27(17-13-25)43(33,40)41)42-26-14-10-24(11-15-26)35-31(39)28(19-21-6-5-9-23(32)18-21)36-30(38)22-7-3-2-4-8-22/h2-20H,1H3,(H,34,37)(H,35,39)(H,36,38)(H2,33,40,41)/b28-19-. The average Bonchev–Trinajstić information content (AvgIpc) is 2.98. The molecule has 1 unspecified atom stereocenters. The molecule has 0 aliphatic carbocycles. The van der Waals surface area contributed by atoms with E-state index in [1.165, 1.54) is 42.1 Å². The Hall–Kier alpha value is -4.42. The summed E-state index contributed by atoms with van der Waals surface area (Å²) in [6.07, 6.45) is 1.54. The number of carbonyl (C=O) groups excluding carboxylic acids is 3. The maximum absolute atomic E-state index is 13.2. The van der Waals surface area contributed by atoms with Crippen LogP contribution in [-0.2, 0) is 19.6 Å². The fraction of sp³-hybridized carbons (Fsp3) is 0.0645. The molecule has 0 bridgehead atoms. The number of thioether (sulfide) groups is 1. The highest BCUT2D eigenvalue weighted by Gasteiger charge is 2.17. The van der Waals surface area contributed by atoms with Crippen molar-refractivity contribution in [3.8, 4) is 0 Å². The van der Waals surface area contributed by atoms with Crippen LogP contribution in [0.1, 0.15) is 22.8 Å². The second-order valence-corrected chi connectivity index (χ2v) is 12.6. The monoisotopic (exact) mass is 634 g/mol. The minimum absolute atomic E-state index is 0.0250. The topological polar surface area (TPSA) is 147 Å². The van der Waals surface area contributed by atoms with E-state index < -0.39 is 27.1 Å². The van der Waals surface area contributed by atoms with Crippen LogP contribution in [0.3, 0.4) is 0 Å². The van der Waals surface area contributed by atoms with Gasteiger partial charge in [-0.2, -0.15) is 0 Å². The van der Waals surface area contributed by atoms with Crippen molar-refractivity contribution in [3.05, 3.63) is 125 Å². The summed E-state index contributed by atoms with van der Waals surface area (Å²) >= 11 is 7.40. The van der Waals surface area contributed by atoms with Crippen molar-refractivity contribution in [3.63, 3.8) is 0 Å². The lowest BCUT2D eigenvalue weighted by Crippen LogP contribution is -2.30. The van der Waals surface area contributed by atoms with Gasteiger partial charge in [0.25, 0.3) is 11.8 Å². The van der Waals surface area contributed by atoms with Crippen LogP contribution in [0.5, 0.6) is 0 Å². The maximum Gasteiger partial charge on any atom is 0.272 e. The van der Waals surface area contributed by atoms with Crippen LogP contribution in [0.25, 0.3) is 6.08 Å². The average molecular weight is 635 g/mol. The molecule has 0 fully saturated rings.